The van der Waals surface area contributed by atoms with Crippen molar-refractivity contribution in [3.63, 3.8) is 0 Å². The Kier molecular flexibility index (Phi) is 3.52. The molecule has 20 heavy (non-hydrogen) atoms. The van der Waals surface area contributed by atoms with Gasteiger partial charge >= 0.3 is 0 Å². The van der Waals surface area contributed by atoms with Crippen LogP contribution in [0.25, 0.3) is 11.1 Å². The highest BCUT2D eigenvalue weighted by atomic mass is 16.3. The highest BCUT2D eigenvalue weighted by Crippen LogP contribution is 2.26. The van der Waals surface area contributed by atoms with E-state index >= 15 is 0 Å². The molecule has 2 atom stereocenters. The van der Waals surface area contributed by atoms with E-state index in [0.717, 1.165) is 16.7 Å². The molecule has 0 spiro atoms. The molecule has 1 heterocycles. The van der Waals surface area contributed by atoms with E-state index in [1.54, 1.807) is 0 Å². The fraction of sp³-hybridized carbons (Fsp3) is 0.235. The van der Waals surface area contributed by atoms with Gasteiger partial charge in [0.2, 0.25) is 5.91 Å². The lowest BCUT2D eigenvalue weighted by Gasteiger charge is -2.18. The summed E-state index contributed by atoms with van der Waals surface area (Å²) in [6.45, 7) is 0. The van der Waals surface area contributed by atoms with Crippen LogP contribution in [0, 0.1) is 0 Å². The van der Waals surface area contributed by atoms with Crippen LogP contribution in [0.3, 0.4) is 0 Å². The third-order valence-electron chi connectivity index (χ3n) is 3.77. The van der Waals surface area contributed by atoms with Gasteiger partial charge in [0.25, 0.3) is 0 Å². The topological polar surface area (TPSA) is 49.3 Å². The Labute approximate surface area is 118 Å². The predicted molar refractivity (Wildman–Crippen MR) is 78.0 cm³/mol. The monoisotopic (exact) mass is 267 g/mol. The van der Waals surface area contributed by atoms with E-state index < -0.39 is 6.10 Å². The average Bonchev–Trinajstić information content (AvgIpc) is 2.94. The van der Waals surface area contributed by atoms with Gasteiger partial charge < -0.3 is 10.4 Å². The van der Waals surface area contributed by atoms with Crippen LogP contribution in [0.5, 0.6) is 0 Å². The van der Waals surface area contributed by atoms with Gasteiger partial charge in [0.05, 0.1) is 12.1 Å². The second-order valence-corrected chi connectivity index (χ2v) is 5.15. The highest BCUT2D eigenvalue weighted by molar-refractivity contribution is 5.78. The lowest BCUT2D eigenvalue weighted by Crippen LogP contribution is -2.31. The van der Waals surface area contributed by atoms with Crippen LogP contribution < -0.4 is 5.32 Å². The average molecular weight is 267 g/mol. The summed E-state index contributed by atoms with van der Waals surface area (Å²) < 4.78 is 0. The molecule has 3 nitrogen and oxygen atoms in total. The van der Waals surface area contributed by atoms with E-state index in [1.807, 2.05) is 42.5 Å². The molecule has 1 amide bonds. The zero-order chi connectivity index (χ0) is 13.9. The molecule has 0 aliphatic carbocycles. The molecule has 1 aliphatic rings. The van der Waals surface area contributed by atoms with Crippen molar-refractivity contribution in [2.24, 2.45) is 0 Å². The largest absolute Gasteiger partial charge is 0.386 e. The molecule has 1 unspecified atom stereocenters. The normalized spacial score (nSPS) is 19.6. The summed E-state index contributed by atoms with van der Waals surface area (Å²) in [6, 6.07) is 17.8. The van der Waals surface area contributed by atoms with Crippen molar-refractivity contribution >= 4 is 5.91 Å². The first-order chi connectivity index (χ1) is 9.74. The van der Waals surface area contributed by atoms with Crippen molar-refractivity contribution in [3.05, 3.63) is 60.2 Å². The third-order valence-corrected chi connectivity index (χ3v) is 3.77. The Morgan fingerprint density at radius 2 is 1.65 bits per heavy atom. The van der Waals surface area contributed by atoms with Gasteiger partial charge in [-0.3, -0.25) is 4.79 Å². The summed E-state index contributed by atoms with van der Waals surface area (Å²) in [4.78, 5) is 11.2. The lowest BCUT2D eigenvalue weighted by atomic mass is 9.98. The molecule has 3 heteroatoms. The fourth-order valence-electron chi connectivity index (χ4n) is 2.61. The number of rotatable bonds is 3. The van der Waals surface area contributed by atoms with Gasteiger partial charge in [-0.1, -0.05) is 54.6 Å². The zero-order valence-corrected chi connectivity index (χ0v) is 11.1. The molecule has 0 bridgehead atoms. The highest BCUT2D eigenvalue weighted by Gasteiger charge is 2.28. The van der Waals surface area contributed by atoms with Crippen molar-refractivity contribution in [1.29, 1.82) is 0 Å². The second-order valence-electron chi connectivity index (χ2n) is 5.15. The van der Waals surface area contributed by atoms with Gasteiger partial charge in [-0.25, -0.2) is 0 Å². The number of carbonyl (C=O) groups excluding carboxylic acids is 1. The molecular formula is C17H17NO2. The van der Waals surface area contributed by atoms with Crippen molar-refractivity contribution < 1.29 is 9.90 Å². The van der Waals surface area contributed by atoms with Crippen molar-refractivity contribution in [2.45, 2.75) is 25.0 Å². The minimum absolute atomic E-state index is 0.0231. The van der Waals surface area contributed by atoms with Crippen LogP contribution in [0.4, 0.5) is 0 Å². The molecule has 102 valence electrons. The minimum Gasteiger partial charge on any atom is -0.386 e. The van der Waals surface area contributed by atoms with E-state index in [9.17, 15) is 9.90 Å². The van der Waals surface area contributed by atoms with Gasteiger partial charge in [-0.05, 0) is 23.1 Å². The van der Waals surface area contributed by atoms with Crippen LogP contribution >= 0.6 is 0 Å². The predicted octanol–water partition coefficient (Wildman–Crippen LogP) is 2.67. The van der Waals surface area contributed by atoms with E-state index in [-0.39, 0.29) is 11.9 Å². The Hall–Kier alpha value is -2.13. The van der Waals surface area contributed by atoms with Crippen molar-refractivity contribution in [2.75, 3.05) is 0 Å². The number of aliphatic hydroxyl groups is 1. The molecule has 0 saturated carbocycles. The van der Waals surface area contributed by atoms with E-state index in [1.165, 1.54) is 0 Å². The van der Waals surface area contributed by atoms with Crippen LogP contribution in [0.15, 0.2) is 54.6 Å². The first kappa shape index (κ1) is 12.9. The standard InChI is InChI=1S/C17H17NO2/c19-16-11-10-15(18-16)17(20)14-8-6-13(7-9-14)12-4-2-1-3-5-12/h1-9,15,17,20H,10-11H2,(H,18,19)/t15-,17?/m0/s1. The fourth-order valence-corrected chi connectivity index (χ4v) is 2.61. The summed E-state index contributed by atoms with van der Waals surface area (Å²) in [5, 5.41) is 13.1. The molecule has 2 N–H and O–H groups in total. The maximum atomic E-state index is 11.2. The molecule has 0 aromatic heterocycles. The van der Waals surface area contributed by atoms with Crippen molar-refractivity contribution in [1.82, 2.24) is 5.32 Å². The smallest absolute Gasteiger partial charge is 0.220 e. The first-order valence-corrected chi connectivity index (χ1v) is 6.87. The summed E-state index contributed by atoms with van der Waals surface area (Å²) in [5.41, 5.74) is 3.12. The van der Waals surface area contributed by atoms with Crippen LogP contribution in [0.1, 0.15) is 24.5 Å². The van der Waals surface area contributed by atoms with Gasteiger partial charge in [0.15, 0.2) is 0 Å². The Morgan fingerprint density at radius 1 is 1.00 bits per heavy atom. The number of benzene rings is 2. The van der Waals surface area contributed by atoms with Gasteiger partial charge in [0.1, 0.15) is 0 Å². The van der Waals surface area contributed by atoms with Crippen LogP contribution in [-0.4, -0.2) is 17.1 Å². The number of hydrogen-bond acceptors (Lipinski definition) is 2. The quantitative estimate of drug-likeness (QED) is 0.898. The van der Waals surface area contributed by atoms with Gasteiger partial charge in [0, 0.05) is 6.42 Å². The first-order valence-electron chi connectivity index (χ1n) is 6.87. The molecule has 1 saturated heterocycles. The Bertz CT molecular complexity index is 592. The number of nitrogens with one attached hydrogen (secondary N) is 1. The number of carbonyl (C=O) groups is 1. The molecule has 3 rings (SSSR count). The van der Waals surface area contributed by atoms with Crippen molar-refractivity contribution in [3.8, 4) is 11.1 Å². The van der Waals surface area contributed by atoms with Gasteiger partial charge in [-0.2, -0.15) is 0 Å². The maximum Gasteiger partial charge on any atom is 0.220 e. The number of aliphatic hydroxyl groups excluding tert-OH is 1. The minimum atomic E-state index is -0.633. The molecule has 2 aromatic rings. The summed E-state index contributed by atoms with van der Waals surface area (Å²) >= 11 is 0. The molecule has 0 radical (unpaired) electrons. The zero-order valence-electron chi connectivity index (χ0n) is 11.1. The molecule has 2 aromatic carbocycles. The lowest BCUT2D eigenvalue weighted by molar-refractivity contribution is -0.119. The van der Waals surface area contributed by atoms with Crippen LogP contribution in [-0.2, 0) is 4.79 Å². The van der Waals surface area contributed by atoms with Gasteiger partial charge in [-0.15, -0.1) is 0 Å². The molecule has 1 fully saturated rings. The SMILES string of the molecule is O=C1CC[C@@H](C(O)c2ccc(-c3ccccc3)cc2)N1. The third kappa shape index (κ3) is 2.58. The van der Waals surface area contributed by atoms with E-state index in [2.05, 4.69) is 17.4 Å². The molecular weight excluding hydrogens is 250 g/mol. The van der Waals surface area contributed by atoms with E-state index in [0.29, 0.717) is 12.8 Å². The Morgan fingerprint density at radius 3 is 2.25 bits per heavy atom. The second kappa shape index (κ2) is 5.47. The van der Waals surface area contributed by atoms with Crippen LogP contribution in [0.2, 0.25) is 0 Å². The maximum absolute atomic E-state index is 11.2. The number of amides is 1. The Balaban J connectivity index is 1.78. The summed E-state index contributed by atoms with van der Waals surface area (Å²) in [6.07, 6.45) is 0.566. The number of hydrogen-bond donors (Lipinski definition) is 2. The van der Waals surface area contributed by atoms with E-state index in [4.69, 9.17) is 0 Å². The molecule has 1 aliphatic heterocycles. The summed E-state index contributed by atoms with van der Waals surface area (Å²) in [5.74, 6) is 0.0231. The summed E-state index contributed by atoms with van der Waals surface area (Å²) in [7, 11) is 0.